The first-order valence-electron chi connectivity index (χ1n) is 30.6. The van der Waals surface area contributed by atoms with Crippen molar-refractivity contribution >= 4 is 53.0 Å². The molecule has 0 aliphatic heterocycles. The second kappa shape index (κ2) is 24.3. The number of benzene rings is 9. The zero-order chi connectivity index (χ0) is 68.0. The Balaban J connectivity index is 0.000000130. The Kier molecular flexibility index (Phi) is 16.5. The summed E-state index contributed by atoms with van der Waals surface area (Å²) in [6.45, 7) is 3.54. The number of hydrogen-bond donors (Lipinski definition) is 5. The lowest BCUT2D eigenvalue weighted by Gasteiger charge is -2.21. The smallest absolute Gasteiger partial charge is 0.386 e. The van der Waals surface area contributed by atoms with Crippen LogP contribution >= 0.6 is 0 Å². The fourth-order valence-electron chi connectivity index (χ4n) is 12.7. The number of nitrogens with zero attached hydrogens (tertiary/aromatic N) is 3. The molecule has 0 radical (unpaired) electrons. The molecule has 492 valence electrons. The molecule has 96 heavy (non-hydrogen) atoms. The SMILES string of the molecule is CC(C)(O)c1ccccc1-c1ccc2nc([C@@H]3C[C@H]3c3ccc(C(F)(F)F)cc3)[nH]c2c1.CS(=O)(=O)c1ccccc1-c1ccc2nc(C3CC3c3ccc(C(F)(F)F)cc3)[nH]c2c1.NS(=O)(=O)c1ccccc1-c1ccc2nc([C@@H]3C[C@H]3c3ccc(C(F)(F)F)cc3)[nH]c2c1. The van der Waals surface area contributed by atoms with E-state index in [-0.39, 0.29) is 45.3 Å². The van der Waals surface area contributed by atoms with Crippen LogP contribution in [0.1, 0.15) is 125 Å². The molecular weight excluding hydrogens is 1290 g/mol. The van der Waals surface area contributed by atoms with Crippen LogP contribution in [0.25, 0.3) is 66.5 Å². The topological polar surface area (TPSA) is 201 Å². The molecule has 6 atom stereocenters. The maximum absolute atomic E-state index is 12.8. The van der Waals surface area contributed by atoms with E-state index in [1.165, 1.54) is 36.6 Å². The lowest BCUT2D eigenvalue weighted by molar-refractivity contribution is -0.138. The number of fused-ring (bicyclic) bond motifs is 3. The van der Waals surface area contributed by atoms with Crippen molar-refractivity contribution in [3.05, 3.63) is 257 Å². The van der Waals surface area contributed by atoms with Gasteiger partial charge in [-0.2, -0.15) is 39.5 Å². The molecule has 3 aromatic heterocycles. The van der Waals surface area contributed by atoms with Gasteiger partial charge >= 0.3 is 18.5 Å². The number of primary sulfonamides is 1. The van der Waals surface area contributed by atoms with Crippen molar-refractivity contribution in [2.75, 3.05) is 6.26 Å². The Morgan fingerprint density at radius 1 is 0.406 bits per heavy atom. The minimum absolute atomic E-state index is 0.0450. The molecule has 3 heterocycles. The number of aliphatic hydroxyl groups is 1. The lowest BCUT2D eigenvalue weighted by Crippen LogP contribution is -2.16. The molecule has 2 unspecified atom stereocenters. The van der Waals surface area contributed by atoms with Gasteiger partial charge in [-0.15, -0.1) is 0 Å². The highest BCUT2D eigenvalue weighted by atomic mass is 32.2. The van der Waals surface area contributed by atoms with Gasteiger partial charge in [-0.25, -0.2) is 36.9 Å². The molecule has 3 aliphatic carbocycles. The van der Waals surface area contributed by atoms with E-state index >= 15 is 0 Å². The zero-order valence-electron chi connectivity index (χ0n) is 51.4. The Hall–Kier alpha value is -9.42. The van der Waals surface area contributed by atoms with Gasteiger partial charge in [0.2, 0.25) is 10.0 Å². The molecule has 3 aliphatic rings. The normalized spacial score (nSPS) is 18.8. The molecule has 0 amide bonds. The van der Waals surface area contributed by atoms with Crippen molar-refractivity contribution in [3.63, 3.8) is 0 Å². The first-order valence-corrected chi connectivity index (χ1v) is 34.0. The molecule has 3 fully saturated rings. The van der Waals surface area contributed by atoms with Crippen molar-refractivity contribution in [2.24, 2.45) is 5.14 Å². The minimum Gasteiger partial charge on any atom is -0.386 e. The number of hydrogen-bond acceptors (Lipinski definition) is 8. The van der Waals surface area contributed by atoms with Crippen molar-refractivity contribution in [1.82, 2.24) is 29.9 Å². The number of sulfone groups is 1. The summed E-state index contributed by atoms with van der Waals surface area (Å²) in [7, 11) is -7.26. The van der Waals surface area contributed by atoms with Gasteiger partial charge in [-0.3, -0.25) is 0 Å². The first kappa shape index (κ1) is 65.3. The molecule has 3 saturated carbocycles. The molecular formula is C73H60F9N7O5S2. The standard InChI is InChI=1S/C26H23F3N2O.C24H19F3N2O2S.C23H18F3N3O2S/c1-25(2,32)21-6-4-3-5-18(21)16-9-12-22-23(13-16)31-24(30-22)20-14-19(20)15-7-10-17(11-8-15)26(27,28)29;1-32(30,31)22-5-3-2-4-17(22)15-8-11-20-21(12-15)29-23(28-20)19-13-18(19)14-6-9-16(10-7-14)24(25,26)27;24-23(25,26)15-8-5-13(6-9-15)17-12-18(17)22-28-19-10-7-14(11-20(19)29-22)16-3-1-2-4-21(16)32(27,30)31/h3-13,19-20,32H,14H2,1-2H3,(H,30,31);2-12,18-19H,13H2,1H3,(H,28,29);1-11,17-18H,12H2,(H,28,29)(H2,27,30,31)/t19-,20+;;17-,18+/m0.0/s1. The summed E-state index contributed by atoms with van der Waals surface area (Å²) in [4.78, 5) is 24.4. The second-order valence-corrected chi connectivity index (χ2v) is 28.7. The van der Waals surface area contributed by atoms with E-state index in [9.17, 15) is 61.5 Å². The maximum atomic E-state index is 12.8. The van der Waals surface area contributed by atoms with Gasteiger partial charge < -0.3 is 20.1 Å². The number of sulfonamides is 1. The third-order valence-electron chi connectivity index (χ3n) is 17.9. The molecule has 9 aromatic carbocycles. The van der Waals surface area contributed by atoms with E-state index < -0.39 is 60.7 Å². The number of halogens is 9. The largest absolute Gasteiger partial charge is 0.416 e. The molecule has 15 rings (SSSR count). The fraction of sp³-hybridized carbons (Fsp3) is 0.219. The van der Waals surface area contributed by atoms with Crippen molar-refractivity contribution < 1.29 is 61.5 Å². The molecule has 0 bridgehead atoms. The maximum Gasteiger partial charge on any atom is 0.416 e. The Bertz CT molecular complexity index is 4940. The van der Waals surface area contributed by atoms with E-state index in [1.54, 1.807) is 80.6 Å². The number of aromatic nitrogens is 6. The molecule has 0 saturated heterocycles. The van der Waals surface area contributed by atoms with Crippen LogP contribution in [0.3, 0.4) is 0 Å². The molecule has 23 heteroatoms. The van der Waals surface area contributed by atoms with Crippen LogP contribution in [-0.2, 0) is 44.0 Å². The molecule has 0 spiro atoms. The summed E-state index contributed by atoms with van der Waals surface area (Å²) in [5.74, 6) is 3.21. The number of H-pyrrole nitrogens is 3. The van der Waals surface area contributed by atoms with Gasteiger partial charge in [-0.1, -0.05) is 115 Å². The number of rotatable bonds is 12. The van der Waals surface area contributed by atoms with Crippen LogP contribution in [0.2, 0.25) is 0 Å². The van der Waals surface area contributed by atoms with E-state index in [0.29, 0.717) is 16.7 Å². The van der Waals surface area contributed by atoms with Gasteiger partial charge in [0, 0.05) is 35.1 Å². The van der Waals surface area contributed by atoms with E-state index in [2.05, 4.69) is 24.9 Å². The van der Waals surface area contributed by atoms with Crippen molar-refractivity contribution in [3.8, 4) is 33.4 Å². The van der Waals surface area contributed by atoms with Crippen molar-refractivity contribution in [1.29, 1.82) is 0 Å². The summed E-state index contributed by atoms with van der Waals surface area (Å²) >= 11 is 0. The Morgan fingerprint density at radius 2 is 0.708 bits per heavy atom. The Labute approximate surface area is 545 Å². The summed E-state index contributed by atoms with van der Waals surface area (Å²) in [5, 5.41) is 15.9. The predicted molar refractivity (Wildman–Crippen MR) is 349 cm³/mol. The van der Waals surface area contributed by atoms with Gasteiger partial charge in [0.05, 0.1) is 65.2 Å². The zero-order valence-corrected chi connectivity index (χ0v) is 53.0. The summed E-state index contributed by atoms with van der Waals surface area (Å²) in [5.41, 5.74) is 9.90. The van der Waals surface area contributed by atoms with Crippen LogP contribution in [0.4, 0.5) is 39.5 Å². The molecule has 6 N–H and O–H groups in total. The highest BCUT2D eigenvalue weighted by Gasteiger charge is 2.45. The number of alkyl halides is 9. The minimum atomic E-state index is -4.35. The third-order valence-corrected chi connectivity index (χ3v) is 20.0. The molecule has 12 nitrogen and oxygen atoms in total. The quantitative estimate of drug-likeness (QED) is 0.0744. The fourth-order valence-corrected chi connectivity index (χ4v) is 14.4. The Morgan fingerprint density at radius 3 is 1.03 bits per heavy atom. The highest BCUT2D eigenvalue weighted by Crippen LogP contribution is 2.57. The average molecular weight is 1350 g/mol. The van der Waals surface area contributed by atoms with Gasteiger partial charge in [0.1, 0.15) is 17.5 Å². The van der Waals surface area contributed by atoms with Crippen LogP contribution in [-0.4, -0.2) is 58.1 Å². The third kappa shape index (κ3) is 13.8. The van der Waals surface area contributed by atoms with Crippen LogP contribution in [0.15, 0.2) is 210 Å². The number of nitrogens with two attached hydrogens (primary N) is 1. The van der Waals surface area contributed by atoms with E-state index in [0.717, 1.165) is 145 Å². The summed E-state index contributed by atoms with van der Waals surface area (Å²) in [6, 6.07) is 54.2. The van der Waals surface area contributed by atoms with E-state index in [4.69, 9.17) is 10.1 Å². The molecule has 12 aromatic rings. The number of nitrogens with one attached hydrogen (secondary N) is 3. The van der Waals surface area contributed by atoms with Crippen LogP contribution in [0, 0.1) is 0 Å². The van der Waals surface area contributed by atoms with Crippen LogP contribution < -0.4 is 5.14 Å². The summed E-state index contributed by atoms with van der Waals surface area (Å²) < 4.78 is 163. The predicted octanol–water partition coefficient (Wildman–Crippen LogP) is 17.8. The number of imidazole rings is 3. The second-order valence-electron chi connectivity index (χ2n) is 25.2. The first-order chi connectivity index (χ1) is 45.3. The summed E-state index contributed by atoms with van der Waals surface area (Å²) in [6.07, 6.45) is -9.34. The van der Waals surface area contributed by atoms with Gasteiger partial charge in [0.15, 0.2) is 9.84 Å². The van der Waals surface area contributed by atoms with Crippen LogP contribution in [0.5, 0.6) is 0 Å². The van der Waals surface area contributed by atoms with E-state index in [1.807, 2.05) is 66.7 Å². The average Bonchev–Trinajstić information content (AvgIpc) is 1.59. The monoisotopic (exact) mass is 1350 g/mol. The van der Waals surface area contributed by atoms with Gasteiger partial charge in [0.25, 0.3) is 0 Å². The lowest BCUT2D eigenvalue weighted by atomic mass is 9.89. The van der Waals surface area contributed by atoms with Crippen molar-refractivity contribution in [2.45, 2.75) is 103 Å². The highest BCUT2D eigenvalue weighted by molar-refractivity contribution is 7.90. The van der Waals surface area contributed by atoms with Gasteiger partial charge in [-0.05, 0) is 180 Å². The number of aromatic amines is 3.